The number of aromatic nitrogens is 1. The average Bonchev–Trinajstić information content (AvgIpc) is 3.03. The quantitative estimate of drug-likeness (QED) is 0.867. The molecule has 1 atom stereocenters. The minimum atomic E-state index is -0.954. The number of rotatable bonds is 4. The molecule has 1 aromatic heterocycles. The molecule has 0 aliphatic carbocycles. The molecule has 7 heteroatoms. The summed E-state index contributed by atoms with van der Waals surface area (Å²) in [6.07, 6.45) is 0.462. The number of ether oxygens (including phenoxy) is 3. The lowest BCUT2D eigenvalue weighted by molar-refractivity contribution is -0.123. The van der Waals surface area contributed by atoms with Gasteiger partial charge in [0, 0.05) is 23.6 Å². The molecule has 124 valence electrons. The standard InChI is InChI=1S/C17H16N2O5/c1-10-3-4-12(8-18-10)17(21)24-11(2)16(20)19-13-5-6-14-15(7-13)23-9-22-14/h3-8,11H,9H2,1-2H3,(H,19,20)/t11-/m0/s1. The zero-order valence-electron chi connectivity index (χ0n) is 13.2. The van der Waals surface area contributed by atoms with Crippen LogP contribution in [0.3, 0.4) is 0 Å². The van der Waals surface area contributed by atoms with Gasteiger partial charge in [-0.3, -0.25) is 9.78 Å². The average molecular weight is 328 g/mol. The van der Waals surface area contributed by atoms with Crippen LogP contribution in [0.2, 0.25) is 0 Å². The van der Waals surface area contributed by atoms with Crippen LogP contribution < -0.4 is 14.8 Å². The van der Waals surface area contributed by atoms with E-state index in [1.807, 2.05) is 6.92 Å². The zero-order valence-corrected chi connectivity index (χ0v) is 13.2. The summed E-state index contributed by atoms with van der Waals surface area (Å²) in [5, 5.41) is 2.67. The van der Waals surface area contributed by atoms with Crippen LogP contribution in [0.15, 0.2) is 36.5 Å². The predicted octanol–water partition coefficient (Wildman–Crippen LogP) is 2.30. The van der Waals surface area contributed by atoms with Crippen molar-refractivity contribution in [2.45, 2.75) is 20.0 Å². The highest BCUT2D eigenvalue weighted by Gasteiger charge is 2.20. The predicted molar refractivity (Wildman–Crippen MR) is 85.0 cm³/mol. The molecule has 0 spiro atoms. The number of nitrogens with one attached hydrogen (secondary N) is 1. The molecule has 0 unspecified atom stereocenters. The van der Waals surface area contributed by atoms with Crippen LogP contribution in [-0.4, -0.2) is 29.8 Å². The minimum absolute atomic E-state index is 0.158. The van der Waals surface area contributed by atoms with E-state index in [-0.39, 0.29) is 6.79 Å². The van der Waals surface area contributed by atoms with Crippen molar-refractivity contribution >= 4 is 17.6 Å². The molecule has 0 bridgehead atoms. The third kappa shape index (κ3) is 3.45. The van der Waals surface area contributed by atoms with Crippen molar-refractivity contribution in [1.29, 1.82) is 0 Å². The van der Waals surface area contributed by atoms with E-state index >= 15 is 0 Å². The van der Waals surface area contributed by atoms with Crippen LogP contribution in [0.25, 0.3) is 0 Å². The summed E-state index contributed by atoms with van der Waals surface area (Å²) in [5.41, 5.74) is 1.62. The Morgan fingerprint density at radius 1 is 1.21 bits per heavy atom. The lowest BCUT2D eigenvalue weighted by atomic mass is 10.2. The van der Waals surface area contributed by atoms with Crippen LogP contribution in [0, 0.1) is 6.92 Å². The molecule has 0 fully saturated rings. The highest BCUT2D eigenvalue weighted by atomic mass is 16.7. The van der Waals surface area contributed by atoms with Crippen LogP contribution in [-0.2, 0) is 9.53 Å². The number of carbonyl (C=O) groups excluding carboxylic acids is 2. The van der Waals surface area contributed by atoms with Crippen molar-refractivity contribution < 1.29 is 23.8 Å². The monoisotopic (exact) mass is 328 g/mol. The fourth-order valence-electron chi connectivity index (χ4n) is 2.09. The van der Waals surface area contributed by atoms with Gasteiger partial charge in [0.25, 0.3) is 5.91 Å². The van der Waals surface area contributed by atoms with E-state index in [4.69, 9.17) is 14.2 Å². The normalized spacial score (nSPS) is 13.2. The van der Waals surface area contributed by atoms with Gasteiger partial charge in [0.1, 0.15) is 0 Å². The van der Waals surface area contributed by atoms with Gasteiger partial charge in [-0.2, -0.15) is 0 Å². The second-order valence-electron chi connectivity index (χ2n) is 5.29. The number of anilines is 1. The molecule has 1 N–H and O–H groups in total. The molecule has 1 aromatic carbocycles. The number of benzene rings is 1. The molecule has 3 rings (SSSR count). The fraction of sp³-hybridized carbons (Fsp3) is 0.235. The first kappa shape index (κ1) is 15.8. The topological polar surface area (TPSA) is 86.8 Å². The van der Waals surface area contributed by atoms with Gasteiger partial charge in [0.15, 0.2) is 17.6 Å². The Bertz CT molecular complexity index is 773. The molecule has 0 radical (unpaired) electrons. The maximum atomic E-state index is 12.2. The van der Waals surface area contributed by atoms with Crippen LogP contribution in [0.4, 0.5) is 5.69 Å². The number of fused-ring (bicyclic) bond motifs is 1. The first-order valence-electron chi connectivity index (χ1n) is 7.37. The lowest BCUT2D eigenvalue weighted by Crippen LogP contribution is -2.30. The molecular weight excluding hydrogens is 312 g/mol. The van der Waals surface area contributed by atoms with Gasteiger partial charge >= 0.3 is 5.97 Å². The number of amides is 1. The van der Waals surface area contributed by atoms with E-state index < -0.39 is 18.0 Å². The van der Waals surface area contributed by atoms with E-state index in [0.717, 1.165) is 5.69 Å². The SMILES string of the molecule is Cc1ccc(C(=O)O[C@@H](C)C(=O)Nc2ccc3c(c2)OCO3)cn1. The summed E-state index contributed by atoms with van der Waals surface area (Å²) in [5.74, 6) is 0.139. The Hall–Kier alpha value is -3.09. The zero-order chi connectivity index (χ0) is 17.1. The molecule has 2 aromatic rings. The van der Waals surface area contributed by atoms with E-state index in [9.17, 15) is 9.59 Å². The summed E-state index contributed by atoms with van der Waals surface area (Å²) in [4.78, 5) is 28.2. The van der Waals surface area contributed by atoms with E-state index in [2.05, 4.69) is 10.3 Å². The van der Waals surface area contributed by atoms with Gasteiger partial charge in [0.05, 0.1) is 5.56 Å². The first-order valence-corrected chi connectivity index (χ1v) is 7.37. The van der Waals surface area contributed by atoms with Crippen molar-refractivity contribution in [2.75, 3.05) is 12.1 Å². The van der Waals surface area contributed by atoms with E-state index in [1.54, 1.807) is 30.3 Å². The third-order valence-corrected chi connectivity index (χ3v) is 3.44. The van der Waals surface area contributed by atoms with Crippen molar-refractivity contribution in [2.24, 2.45) is 0 Å². The van der Waals surface area contributed by atoms with Crippen molar-refractivity contribution in [3.8, 4) is 11.5 Å². The molecule has 24 heavy (non-hydrogen) atoms. The van der Waals surface area contributed by atoms with Crippen LogP contribution >= 0.6 is 0 Å². The van der Waals surface area contributed by atoms with Crippen LogP contribution in [0.5, 0.6) is 11.5 Å². The number of nitrogens with zero attached hydrogens (tertiary/aromatic N) is 1. The smallest absolute Gasteiger partial charge is 0.340 e. The largest absolute Gasteiger partial charge is 0.454 e. The lowest BCUT2D eigenvalue weighted by Gasteiger charge is -2.13. The minimum Gasteiger partial charge on any atom is -0.454 e. The number of pyridine rings is 1. The molecule has 0 saturated heterocycles. The van der Waals surface area contributed by atoms with Gasteiger partial charge in [-0.05, 0) is 38.1 Å². The van der Waals surface area contributed by atoms with Crippen LogP contribution in [0.1, 0.15) is 23.0 Å². The summed E-state index contributed by atoms with van der Waals surface area (Å²) in [7, 11) is 0. The van der Waals surface area contributed by atoms with Crippen molar-refractivity contribution in [1.82, 2.24) is 4.98 Å². The highest BCUT2D eigenvalue weighted by Crippen LogP contribution is 2.34. The fourth-order valence-corrected chi connectivity index (χ4v) is 2.09. The van der Waals surface area contributed by atoms with Crippen molar-refractivity contribution in [3.63, 3.8) is 0 Å². The maximum Gasteiger partial charge on any atom is 0.340 e. The van der Waals surface area contributed by atoms with E-state index in [1.165, 1.54) is 13.1 Å². The number of aryl methyl sites for hydroxylation is 1. The van der Waals surface area contributed by atoms with Gasteiger partial charge in [-0.1, -0.05) is 0 Å². The molecule has 1 aliphatic rings. The maximum absolute atomic E-state index is 12.2. The Morgan fingerprint density at radius 3 is 2.75 bits per heavy atom. The number of hydrogen-bond donors (Lipinski definition) is 1. The molecule has 1 amide bonds. The number of esters is 1. The molecule has 1 aliphatic heterocycles. The molecule has 2 heterocycles. The summed E-state index contributed by atoms with van der Waals surface area (Å²) < 4.78 is 15.6. The Kier molecular flexibility index (Phi) is 4.33. The summed E-state index contributed by atoms with van der Waals surface area (Å²) in [6.45, 7) is 3.48. The van der Waals surface area contributed by atoms with Gasteiger partial charge in [-0.15, -0.1) is 0 Å². The Morgan fingerprint density at radius 2 is 2.00 bits per heavy atom. The first-order chi connectivity index (χ1) is 11.5. The van der Waals surface area contributed by atoms with E-state index in [0.29, 0.717) is 22.7 Å². The Balaban J connectivity index is 1.60. The summed E-state index contributed by atoms with van der Waals surface area (Å²) in [6, 6.07) is 8.34. The second-order valence-corrected chi connectivity index (χ2v) is 5.29. The molecule has 7 nitrogen and oxygen atoms in total. The molecule has 0 saturated carbocycles. The molecular formula is C17H16N2O5. The second kappa shape index (κ2) is 6.57. The Labute approximate surface area is 138 Å². The van der Waals surface area contributed by atoms with Crippen molar-refractivity contribution in [3.05, 3.63) is 47.8 Å². The summed E-state index contributed by atoms with van der Waals surface area (Å²) >= 11 is 0. The van der Waals surface area contributed by atoms with Gasteiger partial charge < -0.3 is 19.5 Å². The van der Waals surface area contributed by atoms with Gasteiger partial charge in [-0.25, -0.2) is 4.79 Å². The number of hydrogen-bond acceptors (Lipinski definition) is 6. The van der Waals surface area contributed by atoms with Gasteiger partial charge in [0.2, 0.25) is 6.79 Å². The number of carbonyl (C=O) groups is 2. The highest BCUT2D eigenvalue weighted by molar-refractivity contribution is 5.97. The third-order valence-electron chi connectivity index (χ3n) is 3.44.